The van der Waals surface area contributed by atoms with Gasteiger partial charge >= 0.3 is 0 Å². The monoisotopic (exact) mass is 382 g/mol. The number of H-pyrrole nitrogens is 1. The van der Waals surface area contributed by atoms with Gasteiger partial charge in [0.2, 0.25) is 0 Å². The molecule has 30 heavy (non-hydrogen) atoms. The highest BCUT2D eigenvalue weighted by molar-refractivity contribution is 6.15. The van der Waals surface area contributed by atoms with Crippen molar-refractivity contribution >= 4 is 39.5 Å². The van der Waals surface area contributed by atoms with Crippen LogP contribution in [-0.2, 0) is 0 Å². The topological polar surface area (TPSA) is 20.7 Å². The first kappa shape index (κ1) is 15.1. The summed E-state index contributed by atoms with van der Waals surface area (Å²) in [4.78, 5) is 3.71. The Bertz CT molecular complexity index is 1710. The van der Waals surface area contributed by atoms with Gasteiger partial charge in [0.05, 0.1) is 11.2 Å². The summed E-state index contributed by atoms with van der Waals surface area (Å²) >= 11 is 0. The number of para-hydroxylation sites is 1. The summed E-state index contributed by atoms with van der Waals surface area (Å²) in [6.45, 7) is 0. The minimum Gasteiger partial charge on any atom is -0.355 e. The lowest BCUT2D eigenvalue weighted by molar-refractivity contribution is 0.857. The highest BCUT2D eigenvalue weighted by Crippen LogP contribution is 2.47. The van der Waals surface area contributed by atoms with E-state index in [1.54, 1.807) is 0 Å². The average Bonchev–Trinajstić information content (AvgIpc) is 3.30. The molecule has 0 amide bonds. The van der Waals surface area contributed by atoms with E-state index < -0.39 is 0 Å². The van der Waals surface area contributed by atoms with Crippen LogP contribution in [0.3, 0.4) is 0 Å². The number of nitrogens with zero attached hydrogens (tertiary/aromatic N) is 1. The van der Waals surface area contributed by atoms with Crippen LogP contribution in [0.2, 0.25) is 0 Å². The average molecular weight is 382 g/mol. The zero-order valence-corrected chi connectivity index (χ0v) is 16.3. The summed E-state index contributed by atoms with van der Waals surface area (Å²) in [5.41, 5.74) is 10.7. The van der Waals surface area contributed by atoms with Crippen molar-refractivity contribution in [2.45, 2.75) is 6.42 Å². The lowest BCUT2D eigenvalue weighted by Crippen LogP contribution is -2.32. The minimum absolute atomic E-state index is 0.443. The molecule has 8 rings (SSSR count). The van der Waals surface area contributed by atoms with Crippen molar-refractivity contribution in [2.24, 2.45) is 5.92 Å². The van der Waals surface area contributed by atoms with E-state index in [0.717, 1.165) is 6.42 Å². The number of allylic oxidation sites excluding steroid dienone is 1. The van der Waals surface area contributed by atoms with E-state index in [1.165, 1.54) is 66.0 Å². The van der Waals surface area contributed by atoms with Crippen LogP contribution in [0, 0.1) is 5.92 Å². The first-order chi connectivity index (χ1) is 14.9. The Morgan fingerprint density at radius 3 is 2.57 bits per heavy atom. The molecule has 1 N–H and O–H groups in total. The number of aromatic amines is 1. The van der Waals surface area contributed by atoms with Gasteiger partial charge in [0.25, 0.3) is 0 Å². The fourth-order valence-electron chi connectivity index (χ4n) is 6.03. The maximum Gasteiger partial charge on any atom is 0.0547 e. The standard InChI is InChI=1S/C28H18N2/c1-2-6-17(7-3-1)30-22-11-5-9-19-18-8-4-10-20-25(18)27-21(29-20)14-12-16-13-15-23(30)28(24(16)27)26(19)22/h1-11,13-16,29H,12H2. The van der Waals surface area contributed by atoms with Crippen molar-refractivity contribution < 1.29 is 0 Å². The van der Waals surface area contributed by atoms with Crippen molar-refractivity contribution in [3.05, 3.63) is 94.6 Å². The fraction of sp³-hybridized carbons (Fsp3) is 0.0714. The molecule has 0 saturated carbocycles. The van der Waals surface area contributed by atoms with E-state index in [1.807, 2.05) is 0 Å². The lowest BCUT2D eigenvalue weighted by Gasteiger charge is -2.23. The second kappa shape index (κ2) is 5.03. The molecule has 3 aromatic carbocycles. The number of rotatable bonds is 1. The Kier molecular flexibility index (Phi) is 2.53. The van der Waals surface area contributed by atoms with Gasteiger partial charge in [-0.15, -0.1) is 0 Å². The van der Waals surface area contributed by atoms with Gasteiger partial charge in [-0.1, -0.05) is 54.6 Å². The quantitative estimate of drug-likeness (QED) is 0.416. The molecule has 1 atom stereocenters. The van der Waals surface area contributed by atoms with Gasteiger partial charge < -0.3 is 9.55 Å². The maximum absolute atomic E-state index is 3.71. The van der Waals surface area contributed by atoms with Crippen molar-refractivity contribution in [1.82, 2.24) is 9.55 Å². The van der Waals surface area contributed by atoms with Crippen LogP contribution in [0.4, 0.5) is 0 Å². The third-order valence-electron chi connectivity index (χ3n) is 7.16. The third kappa shape index (κ3) is 1.60. The predicted molar refractivity (Wildman–Crippen MR) is 124 cm³/mol. The van der Waals surface area contributed by atoms with Crippen molar-refractivity contribution in [2.75, 3.05) is 0 Å². The van der Waals surface area contributed by atoms with Gasteiger partial charge in [0, 0.05) is 44.0 Å². The van der Waals surface area contributed by atoms with Crippen LogP contribution in [-0.4, -0.2) is 9.55 Å². The molecular weight excluding hydrogens is 364 g/mol. The molecule has 0 radical (unpaired) electrons. The van der Waals surface area contributed by atoms with Crippen LogP contribution < -0.4 is 10.6 Å². The molecule has 2 heteroatoms. The van der Waals surface area contributed by atoms with Crippen molar-refractivity contribution in [1.29, 1.82) is 0 Å². The smallest absolute Gasteiger partial charge is 0.0547 e. The zero-order valence-electron chi connectivity index (χ0n) is 16.3. The number of aromatic nitrogens is 2. The number of hydrogen-bond acceptors (Lipinski definition) is 0. The Hall–Kier alpha value is -3.78. The van der Waals surface area contributed by atoms with Gasteiger partial charge in [0.15, 0.2) is 0 Å². The normalized spacial score (nSPS) is 17.6. The summed E-state index contributed by atoms with van der Waals surface area (Å²) < 4.78 is 2.45. The largest absolute Gasteiger partial charge is 0.355 e. The predicted octanol–water partition coefficient (Wildman–Crippen LogP) is 5.12. The van der Waals surface area contributed by atoms with Crippen molar-refractivity contribution in [3.8, 4) is 16.8 Å². The van der Waals surface area contributed by atoms with E-state index in [-0.39, 0.29) is 0 Å². The Morgan fingerprint density at radius 2 is 1.67 bits per heavy atom. The fourth-order valence-corrected chi connectivity index (χ4v) is 6.03. The summed E-state index contributed by atoms with van der Waals surface area (Å²) in [6, 6.07) is 24.3. The molecule has 5 aromatic rings. The highest BCUT2D eigenvalue weighted by atomic mass is 15.0. The number of benzene rings is 3. The highest BCUT2D eigenvalue weighted by Gasteiger charge is 2.33. The number of fused-ring (bicyclic) bond motifs is 1. The second-order valence-corrected chi connectivity index (χ2v) is 8.59. The Balaban J connectivity index is 1.72. The minimum atomic E-state index is 0.443. The van der Waals surface area contributed by atoms with E-state index in [9.17, 15) is 0 Å². The molecule has 0 fully saturated rings. The number of hydrogen-bond donors (Lipinski definition) is 1. The van der Waals surface area contributed by atoms with Gasteiger partial charge in [-0.25, -0.2) is 0 Å². The van der Waals surface area contributed by atoms with E-state index in [4.69, 9.17) is 0 Å². The van der Waals surface area contributed by atoms with Gasteiger partial charge in [-0.3, -0.25) is 0 Å². The SMILES string of the molecule is C1=CC2CC=c3[nH]c4cccc5c4c3=C2c2c1n(-c1ccccc1)c1cccc-5c21. The Morgan fingerprint density at radius 1 is 0.833 bits per heavy atom. The molecular formula is C28H18N2. The van der Waals surface area contributed by atoms with E-state index >= 15 is 0 Å². The first-order valence-electron chi connectivity index (χ1n) is 10.7. The molecule has 0 spiro atoms. The van der Waals surface area contributed by atoms with Gasteiger partial charge in [-0.2, -0.15) is 0 Å². The molecule has 3 aliphatic carbocycles. The molecule has 0 aliphatic heterocycles. The molecule has 2 aromatic heterocycles. The molecule has 0 bridgehead atoms. The third-order valence-corrected chi connectivity index (χ3v) is 7.16. The zero-order chi connectivity index (χ0) is 19.4. The summed E-state index contributed by atoms with van der Waals surface area (Å²) in [7, 11) is 0. The summed E-state index contributed by atoms with van der Waals surface area (Å²) in [5.74, 6) is 0.443. The van der Waals surface area contributed by atoms with Gasteiger partial charge in [0.1, 0.15) is 0 Å². The molecule has 1 unspecified atom stereocenters. The molecule has 0 saturated heterocycles. The first-order valence-corrected chi connectivity index (χ1v) is 10.7. The summed E-state index contributed by atoms with van der Waals surface area (Å²) in [6.07, 6.45) is 8.23. The lowest BCUT2D eigenvalue weighted by atomic mass is 9.81. The second-order valence-electron chi connectivity index (χ2n) is 8.59. The van der Waals surface area contributed by atoms with E-state index in [0.29, 0.717) is 5.92 Å². The Labute approximate surface area is 173 Å². The molecule has 2 nitrogen and oxygen atoms in total. The van der Waals surface area contributed by atoms with E-state index in [2.05, 4.69) is 94.5 Å². The van der Waals surface area contributed by atoms with Crippen LogP contribution in [0.15, 0.2) is 72.8 Å². The van der Waals surface area contributed by atoms with Crippen LogP contribution >= 0.6 is 0 Å². The molecule has 2 heterocycles. The van der Waals surface area contributed by atoms with Gasteiger partial charge in [-0.05, 0) is 53.5 Å². The molecule has 3 aliphatic rings. The van der Waals surface area contributed by atoms with Crippen LogP contribution in [0.25, 0.3) is 56.3 Å². The number of nitrogens with one attached hydrogen (secondary N) is 1. The molecule has 140 valence electrons. The van der Waals surface area contributed by atoms with Crippen molar-refractivity contribution in [3.63, 3.8) is 0 Å². The van der Waals surface area contributed by atoms with Crippen LogP contribution in [0.5, 0.6) is 0 Å². The summed E-state index contributed by atoms with van der Waals surface area (Å²) in [5, 5.41) is 5.50. The maximum atomic E-state index is 3.71. The van der Waals surface area contributed by atoms with Crippen LogP contribution in [0.1, 0.15) is 17.7 Å².